The maximum absolute atomic E-state index is 5.79. The van der Waals surface area contributed by atoms with Crippen molar-refractivity contribution >= 4 is 11.6 Å². The molecule has 2 aromatic rings. The number of rotatable bonds is 4. The van der Waals surface area contributed by atoms with E-state index in [4.69, 9.17) is 11.6 Å². The van der Waals surface area contributed by atoms with E-state index in [1.54, 1.807) is 6.20 Å². The summed E-state index contributed by atoms with van der Waals surface area (Å²) in [6, 6.07) is 3.80. The van der Waals surface area contributed by atoms with Gasteiger partial charge in [-0.2, -0.15) is 0 Å². The molecule has 0 aliphatic carbocycles. The van der Waals surface area contributed by atoms with Gasteiger partial charge in [-0.3, -0.25) is 4.98 Å². The Bertz CT molecular complexity index is 448. The van der Waals surface area contributed by atoms with Crippen LogP contribution in [0.3, 0.4) is 0 Å². The molecule has 0 saturated heterocycles. The quantitative estimate of drug-likeness (QED) is 0.816. The van der Waals surface area contributed by atoms with E-state index in [1.165, 1.54) is 0 Å². The van der Waals surface area contributed by atoms with Crippen LogP contribution in [0.5, 0.6) is 0 Å². The molecule has 2 rings (SSSR count). The summed E-state index contributed by atoms with van der Waals surface area (Å²) in [5, 5.41) is 0.670. The van der Waals surface area contributed by atoms with Gasteiger partial charge in [0.15, 0.2) is 0 Å². The van der Waals surface area contributed by atoms with Crippen LogP contribution in [-0.2, 0) is 13.0 Å². The van der Waals surface area contributed by atoms with Crippen LogP contribution in [0.2, 0.25) is 5.02 Å². The third-order valence-electron chi connectivity index (χ3n) is 2.40. The summed E-state index contributed by atoms with van der Waals surface area (Å²) in [5.41, 5.74) is 1.000. The van der Waals surface area contributed by atoms with Crippen LogP contribution in [0.15, 0.2) is 30.7 Å². The molecule has 2 aromatic heterocycles. The van der Waals surface area contributed by atoms with Gasteiger partial charge in [0, 0.05) is 25.0 Å². The van der Waals surface area contributed by atoms with Crippen molar-refractivity contribution < 1.29 is 0 Å². The third-order valence-corrected chi connectivity index (χ3v) is 2.62. The van der Waals surface area contributed by atoms with Crippen LogP contribution in [0.1, 0.15) is 24.9 Å². The lowest BCUT2D eigenvalue weighted by molar-refractivity contribution is 0.693. The van der Waals surface area contributed by atoms with E-state index >= 15 is 0 Å². The Labute approximate surface area is 100 Å². The van der Waals surface area contributed by atoms with Crippen molar-refractivity contribution in [3.8, 4) is 0 Å². The molecule has 16 heavy (non-hydrogen) atoms. The molecule has 0 aromatic carbocycles. The van der Waals surface area contributed by atoms with E-state index in [2.05, 4.69) is 21.5 Å². The maximum atomic E-state index is 5.79. The molecule has 0 bridgehead atoms. The van der Waals surface area contributed by atoms with Crippen LogP contribution in [0.25, 0.3) is 0 Å². The van der Waals surface area contributed by atoms with Crippen LogP contribution in [-0.4, -0.2) is 14.5 Å². The number of halogens is 1. The molecule has 0 saturated carbocycles. The molecule has 4 heteroatoms. The molecule has 0 fully saturated rings. The highest BCUT2D eigenvalue weighted by Crippen LogP contribution is 2.09. The van der Waals surface area contributed by atoms with Crippen LogP contribution in [0.4, 0.5) is 0 Å². The monoisotopic (exact) mass is 235 g/mol. The molecule has 0 atom stereocenters. The Balaban J connectivity index is 2.13. The first-order valence-corrected chi connectivity index (χ1v) is 5.78. The minimum atomic E-state index is 0.670. The van der Waals surface area contributed by atoms with E-state index in [-0.39, 0.29) is 0 Å². The van der Waals surface area contributed by atoms with Gasteiger partial charge in [0.2, 0.25) is 0 Å². The largest absolute Gasteiger partial charge is 0.329 e. The predicted molar refractivity (Wildman–Crippen MR) is 64.6 cm³/mol. The van der Waals surface area contributed by atoms with Crippen molar-refractivity contribution in [3.63, 3.8) is 0 Å². The van der Waals surface area contributed by atoms with Gasteiger partial charge in [0.25, 0.3) is 0 Å². The molecule has 84 valence electrons. The Kier molecular flexibility index (Phi) is 3.57. The van der Waals surface area contributed by atoms with Gasteiger partial charge in [-0.15, -0.1) is 0 Å². The molecule has 2 heterocycles. The molecule has 3 nitrogen and oxygen atoms in total. The summed E-state index contributed by atoms with van der Waals surface area (Å²) in [5.74, 6) is 1.11. The summed E-state index contributed by atoms with van der Waals surface area (Å²) in [6.07, 6.45) is 7.60. The first-order valence-electron chi connectivity index (χ1n) is 5.40. The predicted octanol–water partition coefficient (Wildman–Crippen LogP) is 2.93. The number of hydrogen-bond donors (Lipinski definition) is 0. The van der Waals surface area contributed by atoms with Gasteiger partial charge >= 0.3 is 0 Å². The van der Waals surface area contributed by atoms with Crippen molar-refractivity contribution in [1.29, 1.82) is 0 Å². The highest BCUT2D eigenvalue weighted by atomic mass is 35.5. The van der Waals surface area contributed by atoms with Gasteiger partial charge < -0.3 is 4.57 Å². The number of imidazole rings is 1. The smallest absolute Gasteiger partial charge is 0.108 e. The van der Waals surface area contributed by atoms with Crippen LogP contribution < -0.4 is 0 Å². The molecule has 0 aliphatic rings. The summed E-state index contributed by atoms with van der Waals surface area (Å²) in [7, 11) is 0. The highest BCUT2D eigenvalue weighted by molar-refractivity contribution is 6.30. The highest BCUT2D eigenvalue weighted by Gasteiger charge is 2.03. The second-order valence-electron chi connectivity index (χ2n) is 3.69. The fraction of sp³-hybridized carbons (Fsp3) is 0.333. The zero-order valence-corrected chi connectivity index (χ0v) is 9.98. The van der Waals surface area contributed by atoms with E-state index in [1.807, 2.05) is 24.5 Å². The molecule has 0 aliphatic heterocycles. The van der Waals surface area contributed by atoms with Crippen molar-refractivity contribution in [2.75, 3.05) is 0 Å². The molecular formula is C12H14ClN3. The molecular weight excluding hydrogens is 222 g/mol. The second-order valence-corrected chi connectivity index (χ2v) is 4.13. The Morgan fingerprint density at radius 1 is 1.31 bits per heavy atom. The molecule has 0 N–H and O–H groups in total. The number of nitrogens with zero attached hydrogens (tertiary/aromatic N) is 3. The Morgan fingerprint density at radius 3 is 2.88 bits per heavy atom. The Hall–Kier alpha value is -1.35. The summed E-state index contributed by atoms with van der Waals surface area (Å²) in [6.45, 7) is 2.91. The van der Waals surface area contributed by atoms with Gasteiger partial charge in [0.05, 0.1) is 17.3 Å². The van der Waals surface area contributed by atoms with Gasteiger partial charge in [0.1, 0.15) is 5.82 Å². The lowest BCUT2D eigenvalue weighted by atomic mass is 10.3. The Morgan fingerprint density at radius 2 is 2.19 bits per heavy atom. The molecule has 0 unspecified atom stereocenters. The average Bonchev–Trinajstić information content (AvgIpc) is 2.70. The number of hydrogen-bond acceptors (Lipinski definition) is 2. The minimum absolute atomic E-state index is 0.670. The summed E-state index contributed by atoms with van der Waals surface area (Å²) >= 11 is 5.79. The summed E-state index contributed by atoms with van der Waals surface area (Å²) in [4.78, 5) is 8.60. The zero-order chi connectivity index (χ0) is 11.4. The second kappa shape index (κ2) is 5.12. The topological polar surface area (TPSA) is 30.7 Å². The molecule has 0 amide bonds. The van der Waals surface area contributed by atoms with E-state index in [0.717, 1.165) is 30.9 Å². The van der Waals surface area contributed by atoms with Crippen molar-refractivity contribution in [3.05, 3.63) is 47.3 Å². The first kappa shape index (κ1) is 11.1. The van der Waals surface area contributed by atoms with E-state index < -0.39 is 0 Å². The fourth-order valence-electron chi connectivity index (χ4n) is 1.61. The van der Waals surface area contributed by atoms with Gasteiger partial charge in [-0.1, -0.05) is 18.5 Å². The zero-order valence-electron chi connectivity index (χ0n) is 9.23. The van der Waals surface area contributed by atoms with Gasteiger partial charge in [-0.05, 0) is 18.6 Å². The van der Waals surface area contributed by atoms with Gasteiger partial charge in [-0.25, -0.2) is 4.98 Å². The van der Waals surface area contributed by atoms with Crippen LogP contribution >= 0.6 is 11.6 Å². The molecule has 0 spiro atoms. The minimum Gasteiger partial charge on any atom is -0.329 e. The van der Waals surface area contributed by atoms with E-state index in [0.29, 0.717) is 5.02 Å². The van der Waals surface area contributed by atoms with Crippen molar-refractivity contribution in [2.24, 2.45) is 0 Å². The fourth-order valence-corrected chi connectivity index (χ4v) is 1.72. The normalized spacial score (nSPS) is 10.6. The third kappa shape index (κ3) is 2.61. The summed E-state index contributed by atoms with van der Waals surface area (Å²) < 4.78 is 2.12. The number of pyridine rings is 1. The SMILES string of the molecule is CCCc1nccn1Cc1ccc(Cl)cn1. The van der Waals surface area contributed by atoms with Crippen LogP contribution in [0, 0.1) is 0 Å². The lowest BCUT2D eigenvalue weighted by Gasteiger charge is -2.06. The number of aryl methyl sites for hydroxylation is 1. The van der Waals surface area contributed by atoms with Crippen molar-refractivity contribution in [1.82, 2.24) is 14.5 Å². The van der Waals surface area contributed by atoms with E-state index in [9.17, 15) is 0 Å². The lowest BCUT2D eigenvalue weighted by Crippen LogP contribution is -2.05. The first-order chi connectivity index (χ1) is 7.79. The standard InChI is InChI=1S/C12H14ClN3/c1-2-3-12-14-6-7-16(12)9-11-5-4-10(13)8-15-11/h4-8H,2-3,9H2,1H3. The number of aromatic nitrogens is 3. The van der Waals surface area contributed by atoms with Crippen molar-refractivity contribution in [2.45, 2.75) is 26.3 Å². The maximum Gasteiger partial charge on any atom is 0.108 e. The average molecular weight is 236 g/mol. The molecule has 0 radical (unpaired) electrons.